The van der Waals surface area contributed by atoms with Gasteiger partial charge < -0.3 is 10.1 Å². The van der Waals surface area contributed by atoms with Gasteiger partial charge in [-0.2, -0.15) is 0 Å². The number of carbonyl (C=O) groups excluding carboxylic acids is 1. The van der Waals surface area contributed by atoms with Crippen LogP contribution < -0.4 is 5.32 Å². The number of nitrogens with one attached hydrogen (secondary N) is 1. The van der Waals surface area contributed by atoms with E-state index in [4.69, 9.17) is 11.2 Å². The minimum atomic E-state index is -0.379. The van der Waals surface area contributed by atoms with Gasteiger partial charge in [-0.25, -0.2) is 4.79 Å². The Bertz CT molecular complexity index is 731. The molecule has 1 aliphatic rings. The minimum Gasteiger partial charge on any atom is -0.445 e. The average molecular weight is 305 g/mol. The molecule has 0 bridgehead atoms. The third-order valence-electron chi connectivity index (χ3n) is 4.22. The Morgan fingerprint density at radius 3 is 2.87 bits per heavy atom. The first-order valence-corrected chi connectivity index (χ1v) is 7.80. The molecular weight excluding hydrogens is 286 g/mol. The summed E-state index contributed by atoms with van der Waals surface area (Å²) in [5.41, 5.74) is 4.45. The molecule has 0 radical (unpaired) electrons. The van der Waals surface area contributed by atoms with Gasteiger partial charge in [0.25, 0.3) is 0 Å². The summed E-state index contributed by atoms with van der Waals surface area (Å²) < 4.78 is 5.24. The highest BCUT2D eigenvalue weighted by atomic mass is 16.5. The molecule has 1 aliphatic carbocycles. The Morgan fingerprint density at radius 2 is 2.09 bits per heavy atom. The van der Waals surface area contributed by atoms with Crippen LogP contribution in [0, 0.1) is 12.3 Å². The van der Waals surface area contributed by atoms with Crippen molar-refractivity contribution in [3.8, 4) is 12.3 Å². The van der Waals surface area contributed by atoms with Crippen molar-refractivity contribution in [1.82, 2.24) is 5.32 Å². The molecule has 0 fully saturated rings. The molecule has 23 heavy (non-hydrogen) atoms. The van der Waals surface area contributed by atoms with Gasteiger partial charge in [0.2, 0.25) is 0 Å². The number of benzene rings is 2. The van der Waals surface area contributed by atoms with Gasteiger partial charge in [0.05, 0.1) is 0 Å². The lowest BCUT2D eigenvalue weighted by atomic mass is 9.99. The molecule has 0 aromatic heterocycles. The predicted molar refractivity (Wildman–Crippen MR) is 90.1 cm³/mol. The van der Waals surface area contributed by atoms with Gasteiger partial charge in [0, 0.05) is 18.0 Å². The van der Waals surface area contributed by atoms with Gasteiger partial charge in [0.1, 0.15) is 6.61 Å². The topological polar surface area (TPSA) is 38.3 Å². The molecule has 3 nitrogen and oxygen atoms in total. The summed E-state index contributed by atoms with van der Waals surface area (Å²) in [5, 5.41) is 2.86. The number of aryl methyl sites for hydroxylation is 1. The van der Waals surface area contributed by atoms with Crippen LogP contribution in [0.2, 0.25) is 0 Å². The maximum atomic E-state index is 11.8. The fourth-order valence-corrected chi connectivity index (χ4v) is 2.97. The summed E-state index contributed by atoms with van der Waals surface area (Å²) in [7, 11) is 0. The van der Waals surface area contributed by atoms with E-state index in [-0.39, 0.29) is 12.7 Å². The van der Waals surface area contributed by atoms with E-state index in [0.29, 0.717) is 12.5 Å². The van der Waals surface area contributed by atoms with Crippen LogP contribution in [-0.2, 0) is 17.8 Å². The summed E-state index contributed by atoms with van der Waals surface area (Å²) in [5.74, 6) is 2.98. The lowest BCUT2D eigenvalue weighted by Gasteiger charge is -2.13. The molecule has 1 N–H and O–H groups in total. The second-order valence-corrected chi connectivity index (χ2v) is 5.74. The molecule has 0 saturated carbocycles. The van der Waals surface area contributed by atoms with E-state index in [1.807, 2.05) is 36.4 Å². The highest BCUT2D eigenvalue weighted by Crippen LogP contribution is 2.33. The molecule has 0 aliphatic heterocycles. The van der Waals surface area contributed by atoms with Crippen molar-refractivity contribution < 1.29 is 9.53 Å². The quantitative estimate of drug-likeness (QED) is 0.876. The fourth-order valence-electron chi connectivity index (χ4n) is 2.97. The number of fused-ring (bicyclic) bond motifs is 1. The van der Waals surface area contributed by atoms with Crippen molar-refractivity contribution in [3.63, 3.8) is 0 Å². The second kappa shape index (κ2) is 7.02. The number of alkyl carbamates (subject to hydrolysis) is 1. The van der Waals surface area contributed by atoms with Crippen molar-refractivity contribution in [3.05, 3.63) is 70.8 Å². The van der Waals surface area contributed by atoms with Gasteiger partial charge in [-0.15, -0.1) is 6.42 Å². The predicted octanol–water partition coefficient (Wildman–Crippen LogP) is 3.62. The third kappa shape index (κ3) is 3.73. The lowest BCUT2D eigenvalue weighted by Crippen LogP contribution is -2.28. The smallest absolute Gasteiger partial charge is 0.407 e. The summed E-state index contributed by atoms with van der Waals surface area (Å²) >= 11 is 0. The van der Waals surface area contributed by atoms with Crippen molar-refractivity contribution >= 4 is 6.09 Å². The summed E-state index contributed by atoms with van der Waals surface area (Å²) in [6.07, 6.45) is 7.15. The molecule has 1 amide bonds. The van der Waals surface area contributed by atoms with Gasteiger partial charge >= 0.3 is 6.09 Å². The van der Waals surface area contributed by atoms with E-state index in [1.165, 1.54) is 11.1 Å². The van der Waals surface area contributed by atoms with Crippen LogP contribution in [-0.4, -0.2) is 12.6 Å². The van der Waals surface area contributed by atoms with E-state index in [0.717, 1.165) is 24.0 Å². The Labute approximate surface area is 136 Å². The first-order chi connectivity index (χ1) is 11.3. The van der Waals surface area contributed by atoms with Gasteiger partial charge in [-0.1, -0.05) is 42.3 Å². The zero-order valence-corrected chi connectivity index (χ0v) is 12.9. The summed E-state index contributed by atoms with van der Waals surface area (Å²) in [6, 6.07) is 15.8. The molecule has 3 heteroatoms. The van der Waals surface area contributed by atoms with Crippen LogP contribution in [0.3, 0.4) is 0 Å². The normalized spacial score (nSPS) is 15.5. The number of hydrogen-bond acceptors (Lipinski definition) is 2. The van der Waals surface area contributed by atoms with E-state index in [2.05, 4.69) is 23.4 Å². The van der Waals surface area contributed by atoms with E-state index in [1.54, 1.807) is 0 Å². The standard InChI is InChI=1S/C20H19NO2/c1-2-15-8-9-17-10-11-18(19(17)12-15)13-21-20(22)23-14-16-6-4-3-5-7-16/h1,3-9,12,18H,10-11,13-14H2,(H,21,22). The monoisotopic (exact) mass is 305 g/mol. The fraction of sp³-hybridized carbons (Fsp3) is 0.250. The molecule has 2 aromatic rings. The summed E-state index contributed by atoms with van der Waals surface area (Å²) in [4.78, 5) is 11.8. The Kier molecular flexibility index (Phi) is 4.63. The Hall–Kier alpha value is -2.73. The van der Waals surface area contributed by atoms with Crippen molar-refractivity contribution in [2.24, 2.45) is 0 Å². The molecular formula is C20H19NO2. The zero-order valence-electron chi connectivity index (χ0n) is 12.9. The molecule has 1 atom stereocenters. The van der Waals surface area contributed by atoms with E-state index in [9.17, 15) is 4.79 Å². The van der Waals surface area contributed by atoms with Crippen LogP contribution in [0.1, 0.15) is 34.6 Å². The highest BCUT2D eigenvalue weighted by molar-refractivity contribution is 5.67. The van der Waals surface area contributed by atoms with Crippen LogP contribution in [0.5, 0.6) is 0 Å². The molecule has 2 aromatic carbocycles. The summed E-state index contributed by atoms with van der Waals surface area (Å²) in [6.45, 7) is 0.865. The molecule has 3 rings (SSSR count). The number of amides is 1. The SMILES string of the molecule is C#Cc1ccc2c(c1)C(CNC(=O)OCc1ccccc1)CC2. The minimum absolute atomic E-state index is 0.287. The Balaban J connectivity index is 1.52. The maximum absolute atomic E-state index is 11.8. The van der Waals surface area contributed by atoms with Crippen molar-refractivity contribution in [1.29, 1.82) is 0 Å². The number of hydrogen-bond donors (Lipinski definition) is 1. The van der Waals surface area contributed by atoms with Gasteiger partial charge in [0.15, 0.2) is 0 Å². The molecule has 0 heterocycles. The van der Waals surface area contributed by atoms with Gasteiger partial charge in [-0.05, 0) is 41.7 Å². The molecule has 0 spiro atoms. The van der Waals surface area contributed by atoms with E-state index >= 15 is 0 Å². The van der Waals surface area contributed by atoms with Crippen molar-refractivity contribution in [2.45, 2.75) is 25.4 Å². The second-order valence-electron chi connectivity index (χ2n) is 5.74. The first kappa shape index (κ1) is 15.2. The molecule has 116 valence electrons. The number of terminal acetylenes is 1. The van der Waals surface area contributed by atoms with Crippen LogP contribution in [0.4, 0.5) is 4.79 Å². The molecule has 1 unspecified atom stereocenters. The maximum Gasteiger partial charge on any atom is 0.407 e. The largest absolute Gasteiger partial charge is 0.445 e. The van der Waals surface area contributed by atoms with E-state index < -0.39 is 0 Å². The van der Waals surface area contributed by atoms with Crippen LogP contribution in [0.15, 0.2) is 48.5 Å². The zero-order chi connectivity index (χ0) is 16.1. The lowest BCUT2D eigenvalue weighted by molar-refractivity contribution is 0.139. The highest BCUT2D eigenvalue weighted by Gasteiger charge is 2.23. The van der Waals surface area contributed by atoms with Crippen LogP contribution >= 0.6 is 0 Å². The average Bonchev–Trinajstić information content (AvgIpc) is 3.01. The molecule has 0 saturated heterocycles. The number of carbonyl (C=O) groups is 1. The Morgan fingerprint density at radius 1 is 1.26 bits per heavy atom. The van der Waals surface area contributed by atoms with Gasteiger partial charge in [-0.3, -0.25) is 0 Å². The number of ether oxygens (including phenoxy) is 1. The van der Waals surface area contributed by atoms with Crippen LogP contribution in [0.25, 0.3) is 0 Å². The first-order valence-electron chi connectivity index (χ1n) is 7.80. The number of rotatable bonds is 4. The van der Waals surface area contributed by atoms with Crippen molar-refractivity contribution in [2.75, 3.05) is 6.54 Å². The third-order valence-corrected chi connectivity index (χ3v) is 4.22.